The van der Waals surface area contributed by atoms with Crippen LogP contribution in [0.2, 0.25) is 0 Å². The van der Waals surface area contributed by atoms with Crippen molar-refractivity contribution in [2.24, 2.45) is 0 Å². The summed E-state index contributed by atoms with van der Waals surface area (Å²) in [4.78, 5) is 26.4. The number of anilines is 1. The fraction of sp³-hybridized carbons (Fsp3) is 0.263. The van der Waals surface area contributed by atoms with E-state index in [0.717, 1.165) is 11.3 Å². The highest BCUT2D eigenvalue weighted by molar-refractivity contribution is 5.99. The second-order valence-electron chi connectivity index (χ2n) is 6.28. The first-order valence-corrected chi connectivity index (χ1v) is 8.18. The molecule has 25 heavy (non-hydrogen) atoms. The first kappa shape index (κ1) is 15.5. The Morgan fingerprint density at radius 1 is 1.12 bits per heavy atom. The van der Waals surface area contributed by atoms with E-state index in [4.69, 9.17) is 9.47 Å². The third-order valence-electron chi connectivity index (χ3n) is 4.44. The molecule has 4 rings (SSSR count). The molecule has 2 heterocycles. The molecule has 2 aliphatic heterocycles. The van der Waals surface area contributed by atoms with Crippen LogP contribution in [0.5, 0.6) is 11.5 Å². The van der Waals surface area contributed by atoms with Gasteiger partial charge in [0.05, 0.1) is 6.04 Å². The third kappa shape index (κ3) is 3.03. The molecule has 2 aliphatic rings. The van der Waals surface area contributed by atoms with E-state index < -0.39 is 0 Å². The zero-order valence-electron chi connectivity index (χ0n) is 13.8. The van der Waals surface area contributed by atoms with Gasteiger partial charge in [-0.1, -0.05) is 17.7 Å². The van der Waals surface area contributed by atoms with Crippen molar-refractivity contribution >= 4 is 17.5 Å². The van der Waals surface area contributed by atoms with Gasteiger partial charge in [-0.25, -0.2) is 0 Å². The van der Waals surface area contributed by atoms with Crippen molar-refractivity contribution < 1.29 is 19.1 Å². The van der Waals surface area contributed by atoms with Crippen molar-refractivity contribution in [3.05, 3.63) is 53.6 Å². The number of benzene rings is 2. The van der Waals surface area contributed by atoms with Crippen molar-refractivity contribution in [3.8, 4) is 11.5 Å². The standard InChI is InChI=1S/C19H18N2O4/c1-12-2-5-15(6-3-12)21-10-14(9-18(21)22)20-19(23)13-4-7-16-17(8-13)25-11-24-16/h2-8,14H,9-11H2,1H3,(H,20,23)/t14-/m0/s1. The minimum atomic E-state index is -0.221. The number of hydrogen-bond donors (Lipinski definition) is 1. The fourth-order valence-corrected chi connectivity index (χ4v) is 3.09. The zero-order valence-corrected chi connectivity index (χ0v) is 13.8. The van der Waals surface area contributed by atoms with Crippen molar-refractivity contribution in [3.63, 3.8) is 0 Å². The third-order valence-corrected chi connectivity index (χ3v) is 4.44. The number of aryl methyl sites for hydroxylation is 1. The van der Waals surface area contributed by atoms with E-state index >= 15 is 0 Å². The summed E-state index contributed by atoms with van der Waals surface area (Å²) >= 11 is 0. The van der Waals surface area contributed by atoms with Crippen LogP contribution in [0.1, 0.15) is 22.3 Å². The summed E-state index contributed by atoms with van der Waals surface area (Å²) in [7, 11) is 0. The first-order valence-electron chi connectivity index (χ1n) is 8.18. The molecule has 2 aromatic carbocycles. The number of rotatable bonds is 3. The van der Waals surface area contributed by atoms with Crippen LogP contribution in [0.25, 0.3) is 0 Å². The predicted molar refractivity (Wildman–Crippen MR) is 92.0 cm³/mol. The molecule has 1 atom stereocenters. The molecule has 0 aromatic heterocycles. The Morgan fingerprint density at radius 3 is 2.68 bits per heavy atom. The SMILES string of the molecule is Cc1ccc(N2C[C@@H](NC(=O)c3ccc4c(c3)OCO4)CC2=O)cc1. The molecule has 2 amide bonds. The van der Waals surface area contributed by atoms with Crippen LogP contribution < -0.4 is 19.7 Å². The highest BCUT2D eigenvalue weighted by Gasteiger charge is 2.32. The van der Waals surface area contributed by atoms with Gasteiger partial charge in [-0.05, 0) is 37.3 Å². The van der Waals surface area contributed by atoms with Gasteiger partial charge in [-0.3, -0.25) is 9.59 Å². The Hall–Kier alpha value is -3.02. The maximum Gasteiger partial charge on any atom is 0.251 e. The zero-order chi connectivity index (χ0) is 17.4. The summed E-state index contributed by atoms with van der Waals surface area (Å²) in [6.45, 7) is 2.64. The topological polar surface area (TPSA) is 67.9 Å². The lowest BCUT2D eigenvalue weighted by atomic mass is 10.1. The first-order chi connectivity index (χ1) is 12.1. The average molecular weight is 338 g/mol. The molecule has 6 nitrogen and oxygen atoms in total. The summed E-state index contributed by atoms with van der Waals surface area (Å²) in [6, 6.07) is 12.7. The minimum absolute atomic E-state index is 0.0137. The molecule has 0 bridgehead atoms. The molecule has 0 radical (unpaired) electrons. The van der Waals surface area contributed by atoms with Crippen LogP contribution in [0.3, 0.4) is 0 Å². The van der Waals surface area contributed by atoms with Crippen molar-refractivity contribution in [2.75, 3.05) is 18.2 Å². The lowest BCUT2D eigenvalue weighted by molar-refractivity contribution is -0.117. The lowest BCUT2D eigenvalue weighted by Gasteiger charge is -2.17. The number of amides is 2. The molecule has 0 unspecified atom stereocenters. The Morgan fingerprint density at radius 2 is 1.88 bits per heavy atom. The van der Waals surface area contributed by atoms with Crippen LogP contribution in [0, 0.1) is 6.92 Å². The van der Waals surface area contributed by atoms with E-state index in [1.54, 1.807) is 23.1 Å². The van der Waals surface area contributed by atoms with Crippen molar-refractivity contribution in [1.82, 2.24) is 5.32 Å². The second-order valence-corrected chi connectivity index (χ2v) is 6.28. The molecular formula is C19H18N2O4. The molecule has 128 valence electrons. The number of carbonyl (C=O) groups excluding carboxylic acids is 2. The van der Waals surface area contributed by atoms with E-state index in [1.807, 2.05) is 31.2 Å². The summed E-state index contributed by atoms with van der Waals surface area (Å²) in [5.74, 6) is 0.997. The van der Waals surface area contributed by atoms with Crippen LogP contribution >= 0.6 is 0 Å². The van der Waals surface area contributed by atoms with Crippen LogP contribution in [0.4, 0.5) is 5.69 Å². The summed E-state index contributed by atoms with van der Waals surface area (Å²) in [5, 5.41) is 2.93. The largest absolute Gasteiger partial charge is 0.454 e. The van der Waals surface area contributed by atoms with E-state index in [0.29, 0.717) is 30.0 Å². The van der Waals surface area contributed by atoms with Crippen molar-refractivity contribution in [1.29, 1.82) is 0 Å². The number of hydrogen-bond acceptors (Lipinski definition) is 4. The summed E-state index contributed by atoms with van der Waals surface area (Å²) in [5.41, 5.74) is 2.49. The van der Waals surface area contributed by atoms with Crippen molar-refractivity contribution in [2.45, 2.75) is 19.4 Å². The molecule has 1 fully saturated rings. The molecule has 2 aromatic rings. The number of fused-ring (bicyclic) bond motifs is 1. The van der Waals surface area contributed by atoms with Crippen LogP contribution in [-0.2, 0) is 4.79 Å². The average Bonchev–Trinajstić information content (AvgIpc) is 3.21. The second kappa shape index (κ2) is 6.12. The van der Waals surface area contributed by atoms with Crippen LogP contribution in [0.15, 0.2) is 42.5 Å². The van der Waals surface area contributed by atoms with E-state index in [-0.39, 0.29) is 24.6 Å². The normalized spacial score (nSPS) is 18.5. The number of nitrogens with one attached hydrogen (secondary N) is 1. The predicted octanol–water partition coefficient (Wildman–Crippen LogP) is 2.26. The summed E-state index contributed by atoms with van der Waals surface area (Å²) < 4.78 is 10.5. The molecule has 0 spiro atoms. The number of carbonyl (C=O) groups is 2. The summed E-state index contributed by atoms with van der Waals surface area (Å²) in [6.07, 6.45) is 0.296. The van der Waals surface area contributed by atoms with Gasteiger partial charge in [0.2, 0.25) is 12.7 Å². The molecule has 6 heteroatoms. The molecule has 0 saturated carbocycles. The maximum absolute atomic E-state index is 12.5. The Labute approximate surface area is 145 Å². The Bertz CT molecular complexity index is 832. The van der Waals surface area contributed by atoms with Gasteiger partial charge in [-0.2, -0.15) is 0 Å². The lowest BCUT2D eigenvalue weighted by Crippen LogP contribution is -2.37. The highest BCUT2D eigenvalue weighted by Crippen LogP contribution is 2.32. The smallest absolute Gasteiger partial charge is 0.251 e. The Kier molecular flexibility index (Phi) is 3.80. The van der Waals surface area contributed by atoms with Gasteiger partial charge >= 0.3 is 0 Å². The fourth-order valence-electron chi connectivity index (χ4n) is 3.09. The molecule has 1 N–H and O–H groups in total. The molecule has 0 aliphatic carbocycles. The minimum Gasteiger partial charge on any atom is -0.454 e. The number of ether oxygens (including phenoxy) is 2. The van der Waals surface area contributed by atoms with Gasteiger partial charge in [0.1, 0.15) is 0 Å². The maximum atomic E-state index is 12.5. The van der Waals surface area contributed by atoms with Gasteiger partial charge in [0.15, 0.2) is 11.5 Å². The highest BCUT2D eigenvalue weighted by atomic mass is 16.7. The van der Waals surface area contributed by atoms with E-state index in [2.05, 4.69) is 5.32 Å². The quantitative estimate of drug-likeness (QED) is 0.932. The number of nitrogens with zero attached hydrogens (tertiary/aromatic N) is 1. The molecular weight excluding hydrogens is 320 g/mol. The Balaban J connectivity index is 1.44. The van der Waals surface area contributed by atoms with Crippen LogP contribution in [-0.4, -0.2) is 31.2 Å². The monoisotopic (exact) mass is 338 g/mol. The van der Waals surface area contributed by atoms with Gasteiger partial charge in [-0.15, -0.1) is 0 Å². The van der Waals surface area contributed by atoms with Gasteiger partial charge < -0.3 is 19.7 Å². The molecule has 1 saturated heterocycles. The van der Waals surface area contributed by atoms with E-state index in [9.17, 15) is 9.59 Å². The van der Waals surface area contributed by atoms with Gasteiger partial charge in [0.25, 0.3) is 5.91 Å². The van der Waals surface area contributed by atoms with Gasteiger partial charge in [0, 0.05) is 24.2 Å². The van der Waals surface area contributed by atoms with E-state index in [1.165, 1.54) is 0 Å².